The third-order valence-corrected chi connectivity index (χ3v) is 4.35. The SMILES string of the molecule is c1nc(NCCOc2ccc3c(c2)OCO3)cc(N2CCCCC2)n1. The molecule has 0 aliphatic carbocycles. The number of anilines is 2. The van der Waals surface area contributed by atoms with Crippen LogP contribution in [0.5, 0.6) is 17.2 Å². The van der Waals surface area contributed by atoms with Crippen LogP contribution in [0.1, 0.15) is 19.3 Å². The van der Waals surface area contributed by atoms with E-state index in [0.29, 0.717) is 13.2 Å². The van der Waals surface area contributed by atoms with Crippen molar-refractivity contribution in [3.05, 3.63) is 30.6 Å². The Kier molecular flexibility index (Phi) is 4.72. The highest BCUT2D eigenvalue weighted by atomic mass is 16.7. The summed E-state index contributed by atoms with van der Waals surface area (Å²) >= 11 is 0. The van der Waals surface area contributed by atoms with E-state index in [-0.39, 0.29) is 6.79 Å². The molecule has 1 saturated heterocycles. The molecule has 0 atom stereocenters. The molecule has 0 radical (unpaired) electrons. The Labute approximate surface area is 146 Å². The zero-order valence-electron chi connectivity index (χ0n) is 14.1. The second-order valence-electron chi connectivity index (χ2n) is 6.10. The van der Waals surface area contributed by atoms with E-state index in [4.69, 9.17) is 14.2 Å². The van der Waals surface area contributed by atoms with Gasteiger partial charge in [0.25, 0.3) is 0 Å². The van der Waals surface area contributed by atoms with Crippen LogP contribution < -0.4 is 24.4 Å². The molecule has 2 aliphatic rings. The number of nitrogens with one attached hydrogen (secondary N) is 1. The minimum Gasteiger partial charge on any atom is -0.492 e. The Morgan fingerprint density at radius 1 is 1.04 bits per heavy atom. The molecule has 132 valence electrons. The van der Waals surface area contributed by atoms with Crippen molar-refractivity contribution in [3.63, 3.8) is 0 Å². The van der Waals surface area contributed by atoms with E-state index < -0.39 is 0 Å². The Balaban J connectivity index is 1.27. The Morgan fingerprint density at radius 3 is 2.84 bits per heavy atom. The van der Waals surface area contributed by atoms with Crippen LogP contribution in [0.25, 0.3) is 0 Å². The number of nitrogens with zero attached hydrogens (tertiary/aromatic N) is 3. The van der Waals surface area contributed by atoms with Gasteiger partial charge in [-0.2, -0.15) is 0 Å². The number of hydrogen-bond donors (Lipinski definition) is 1. The maximum Gasteiger partial charge on any atom is 0.231 e. The van der Waals surface area contributed by atoms with Crippen molar-refractivity contribution in [1.29, 1.82) is 0 Å². The van der Waals surface area contributed by atoms with Crippen LogP contribution in [0.15, 0.2) is 30.6 Å². The minimum atomic E-state index is 0.271. The number of ether oxygens (including phenoxy) is 3. The number of fused-ring (bicyclic) bond motifs is 1. The van der Waals surface area contributed by atoms with Crippen molar-refractivity contribution in [2.45, 2.75) is 19.3 Å². The predicted octanol–water partition coefficient (Wildman–Crippen LogP) is 2.69. The normalized spacial score (nSPS) is 15.9. The molecule has 0 bridgehead atoms. The van der Waals surface area contributed by atoms with E-state index >= 15 is 0 Å². The van der Waals surface area contributed by atoms with Crippen molar-refractivity contribution in [3.8, 4) is 17.2 Å². The summed E-state index contributed by atoms with van der Waals surface area (Å²) in [4.78, 5) is 11.0. The molecule has 0 saturated carbocycles. The molecule has 0 unspecified atom stereocenters. The Morgan fingerprint density at radius 2 is 1.92 bits per heavy atom. The second kappa shape index (κ2) is 7.46. The molecule has 2 aliphatic heterocycles. The molecule has 7 nitrogen and oxygen atoms in total. The van der Waals surface area contributed by atoms with E-state index in [1.807, 2.05) is 24.3 Å². The monoisotopic (exact) mass is 342 g/mol. The lowest BCUT2D eigenvalue weighted by molar-refractivity contribution is 0.174. The first-order chi connectivity index (χ1) is 12.4. The quantitative estimate of drug-likeness (QED) is 0.810. The summed E-state index contributed by atoms with van der Waals surface area (Å²) in [7, 11) is 0. The van der Waals surface area contributed by atoms with E-state index in [9.17, 15) is 0 Å². The molecular weight excluding hydrogens is 320 g/mol. The fourth-order valence-electron chi connectivity index (χ4n) is 3.05. The van der Waals surface area contributed by atoms with Gasteiger partial charge in [-0.25, -0.2) is 9.97 Å². The fourth-order valence-corrected chi connectivity index (χ4v) is 3.05. The van der Waals surface area contributed by atoms with Crippen molar-refractivity contribution >= 4 is 11.6 Å². The summed E-state index contributed by atoms with van der Waals surface area (Å²) in [6.45, 7) is 3.61. The number of aromatic nitrogens is 2. The maximum atomic E-state index is 5.75. The van der Waals surface area contributed by atoms with E-state index in [1.165, 1.54) is 19.3 Å². The Hall–Kier alpha value is -2.70. The molecule has 0 spiro atoms. The topological polar surface area (TPSA) is 68.7 Å². The number of rotatable bonds is 6. The fraction of sp³-hybridized carbons (Fsp3) is 0.444. The van der Waals surface area contributed by atoms with Gasteiger partial charge < -0.3 is 24.4 Å². The van der Waals surface area contributed by atoms with Crippen molar-refractivity contribution in [2.24, 2.45) is 0 Å². The molecule has 2 aromatic rings. The van der Waals surface area contributed by atoms with Gasteiger partial charge in [0.15, 0.2) is 11.5 Å². The van der Waals surface area contributed by atoms with Gasteiger partial charge in [-0.3, -0.25) is 0 Å². The van der Waals surface area contributed by atoms with Crippen LogP contribution in [0, 0.1) is 0 Å². The third-order valence-electron chi connectivity index (χ3n) is 4.35. The largest absolute Gasteiger partial charge is 0.492 e. The first kappa shape index (κ1) is 15.8. The molecule has 1 N–H and O–H groups in total. The lowest BCUT2D eigenvalue weighted by Crippen LogP contribution is -2.30. The highest BCUT2D eigenvalue weighted by Crippen LogP contribution is 2.35. The summed E-state index contributed by atoms with van der Waals surface area (Å²) in [5, 5.41) is 3.29. The summed E-state index contributed by atoms with van der Waals surface area (Å²) in [6.07, 6.45) is 5.39. The molecule has 4 rings (SSSR count). The van der Waals surface area contributed by atoms with Crippen LogP contribution in [0.3, 0.4) is 0 Å². The zero-order valence-corrected chi connectivity index (χ0v) is 14.1. The van der Waals surface area contributed by atoms with Crippen LogP contribution in [-0.4, -0.2) is 43.0 Å². The van der Waals surface area contributed by atoms with Crippen molar-refractivity contribution in [1.82, 2.24) is 9.97 Å². The first-order valence-corrected chi connectivity index (χ1v) is 8.72. The van der Waals surface area contributed by atoms with Crippen LogP contribution in [0.4, 0.5) is 11.6 Å². The number of hydrogen-bond acceptors (Lipinski definition) is 7. The summed E-state index contributed by atoms with van der Waals surface area (Å²) in [5.74, 6) is 4.07. The second-order valence-corrected chi connectivity index (χ2v) is 6.10. The van der Waals surface area contributed by atoms with Gasteiger partial charge in [-0.15, -0.1) is 0 Å². The minimum absolute atomic E-state index is 0.271. The number of benzene rings is 1. The summed E-state index contributed by atoms with van der Waals surface area (Å²) in [5.41, 5.74) is 0. The average molecular weight is 342 g/mol. The van der Waals surface area contributed by atoms with E-state index in [0.717, 1.165) is 42.0 Å². The molecule has 7 heteroatoms. The highest BCUT2D eigenvalue weighted by Gasteiger charge is 2.14. The van der Waals surface area contributed by atoms with Gasteiger partial charge in [0, 0.05) is 25.2 Å². The standard InChI is InChI=1S/C18H22N4O3/c1-2-7-22(8-3-1)18-11-17(20-12-21-18)19-6-9-23-14-4-5-15-16(10-14)25-13-24-15/h4-5,10-12H,1-3,6-9,13H2,(H,19,20,21). The lowest BCUT2D eigenvalue weighted by Gasteiger charge is -2.27. The lowest BCUT2D eigenvalue weighted by atomic mass is 10.1. The smallest absolute Gasteiger partial charge is 0.231 e. The molecule has 0 amide bonds. The van der Waals surface area contributed by atoms with Crippen LogP contribution in [-0.2, 0) is 0 Å². The molecule has 25 heavy (non-hydrogen) atoms. The van der Waals surface area contributed by atoms with Gasteiger partial charge >= 0.3 is 0 Å². The van der Waals surface area contributed by atoms with E-state index in [1.54, 1.807) is 6.33 Å². The van der Waals surface area contributed by atoms with Gasteiger partial charge in [-0.05, 0) is 31.4 Å². The molecule has 1 fully saturated rings. The van der Waals surface area contributed by atoms with Gasteiger partial charge in [0.2, 0.25) is 6.79 Å². The van der Waals surface area contributed by atoms with Gasteiger partial charge in [-0.1, -0.05) is 0 Å². The highest BCUT2D eigenvalue weighted by molar-refractivity contribution is 5.49. The molecule has 1 aromatic heterocycles. The van der Waals surface area contributed by atoms with Crippen LogP contribution >= 0.6 is 0 Å². The first-order valence-electron chi connectivity index (χ1n) is 8.72. The average Bonchev–Trinajstić information content (AvgIpc) is 3.14. The molecule has 3 heterocycles. The number of piperidine rings is 1. The third kappa shape index (κ3) is 3.87. The summed E-state index contributed by atoms with van der Waals surface area (Å²) < 4.78 is 16.4. The predicted molar refractivity (Wildman–Crippen MR) is 94.6 cm³/mol. The van der Waals surface area contributed by atoms with Crippen molar-refractivity contribution < 1.29 is 14.2 Å². The molecule has 1 aromatic carbocycles. The van der Waals surface area contributed by atoms with Crippen LogP contribution in [0.2, 0.25) is 0 Å². The van der Waals surface area contributed by atoms with Crippen molar-refractivity contribution in [2.75, 3.05) is 43.3 Å². The molecular formula is C18H22N4O3. The summed E-state index contributed by atoms with van der Waals surface area (Å²) in [6, 6.07) is 7.60. The van der Waals surface area contributed by atoms with E-state index in [2.05, 4.69) is 20.2 Å². The zero-order chi connectivity index (χ0) is 16.9. The van der Waals surface area contributed by atoms with Gasteiger partial charge in [0.1, 0.15) is 30.3 Å². The van der Waals surface area contributed by atoms with Gasteiger partial charge in [0.05, 0.1) is 6.54 Å². The Bertz CT molecular complexity index is 719. The maximum absolute atomic E-state index is 5.75.